The predicted octanol–water partition coefficient (Wildman–Crippen LogP) is 2.35. The van der Waals surface area contributed by atoms with Crippen LogP contribution in [0.4, 0.5) is 0 Å². The van der Waals surface area contributed by atoms with E-state index in [9.17, 15) is 4.79 Å². The maximum Gasteiger partial charge on any atom is 0.257 e. The maximum absolute atomic E-state index is 12.8. The van der Waals surface area contributed by atoms with E-state index in [4.69, 9.17) is 0 Å². The first-order valence-electron chi connectivity index (χ1n) is 7.71. The topological polar surface area (TPSA) is 56.0 Å². The van der Waals surface area contributed by atoms with Crippen molar-refractivity contribution in [1.29, 1.82) is 0 Å². The fraction of sp³-hybridized carbons (Fsp3) is 0.562. The van der Waals surface area contributed by atoms with Crippen molar-refractivity contribution in [3.63, 3.8) is 0 Å². The number of amides is 1. The van der Waals surface area contributed by atoms with Crippen molar-refractivity contribution in [2.75, 3.05) is 6.54 Å². The minimum atomic E-state index is -0.119. The summed E-state index contributed by atoms with van der Waals surface area (Å²) < 4.78 is 3.63. The quantitative estimate of drug-likeness (QED) is 0.855. The molecule has 1 aliphatic rings. The molecule has 0 saturated carbocycles. The molecule has 2 aromatic rings. The number of likely N-dealkylation sites (tertiary alicyclic amines) is 1. The van der Waals surface area contributed by atoms with E-state index in [1.54, 1.807) is 10.9 Å². The Kier molecular flexibility index (Phi) is 3.54. The van der Waals surface area contributed by atoms with Gasteiger partial charge in [0.2, 0.25) is 0 Å². The minimum Gasteiger partial charge on any atom is -0.331 e. The number of carbonyl (C=O) groups is 1. The maximum atomic E-state index is 12.8. The van der Waals surface area contributed by atoms with Crippen molar-refractivity contribution in [3.05, 3.63) is 35.9 Å². The lowest BCUT2D eigenvalue weighted by molar-refractivity contribution is 0.0735. The first-order chi connectivity index (χ1) is 10.4. The van der Waals surface area contributed by atoms with Crippen molar-refractivity contribution in [2.45, 2.75) is 45.2 Å². The van der Waals surface area contributed by atoms with Gasteiger partial charge < -0.3 is 4.90 Å². The average Bonchev–Trinajstić information content (AvgIpc) is 3.16. The van der Waals surface area contributed by atoms with Crippen LogP contribution in [0.3, 0.4) is 0 Å². The van der Waals surface area contributed by atoms with Gasteiger partial charge in [0.05, 0.1) is 29.5 Å². The summed E-state index contributed by atoms with van der Waals surface area (Å²) in [5.41, 5.74) is 1.65. The van der Waals surface area contributed by atoms with Crippen molar-refractivity contribution in [1.82, 2.24) is 24.5 Å². The van der Waals surface area contributed by atoms with Crippen LogP contribution < -0.4 is 0 Å². The Balaban J connectivity index is 1.83. The molecule has 1 unspecified atom stereocenters. The molecule has 0 bridgehead atoms. The number of carbonyl (C=O) groups excluding carboxylic acids is 1. The van der Waals surface area contributed by atoms with Gasteiger partial charge in [0, 0.05) is 31.5 Å². The molecule has 1 saturated heterocycles. The van der Waals surface area contributed by atoms with Crippen LogP contribution in [0.15, 0.2) is 24.8 Å². The zero-order valence-corrected chi connectivity index (χ0v) is 13.7. The highest BCUT2D eigenvalue weighted by atomic mass is 16.2. The van der Waals surface area contributed by atoms with E-state index in [2.05, 4.69) is 31.0 Å². The fourth-order valence-electron chi connectivity index (χ4n) is 2.93. The van der Waals surface area contributed by atoms with Gasteiger partial charge >= 0.3 is 0 Å². The Bertz CT molecular complexity index is 679. The molecule has 0 aliphatic carbocycles. The molecule has 6 heteroatoms. The molecular weight excluding hydrogens is 278 g/mol. The van der Waals surface area contributed by atoms with Gasteiger partial charge in [-0.15, -0.1) is 0 Å². The fourth-order valence-corrected chi connectivity index (χ4v) is 2.93. The van der Waals surface area contributed by atoms with E-state index < -0.39 is 0 Å². The van der Waals surface area contributed by atoms with Gasteiger partial charge in [-0.1, -0.05) is 0 Å². The lowest BCUT2D eigenvalue weighted by Crippen LogP contribution is -2.30. The molecule has 6 nitrogen and oxygen atoms in total. The molecule has 3 heterocycles. The van der Waals surface area contributed by atoms with Crippen molar-refractivity contribution in [2.24, 2.45) is 7.05 Å². The Morgan fingerprint density at radius 2 is 2.00 bits per heavy atom. The Morgan fingerprint density at radius 1 is 1.23 bits per heavy atom. The largest absolute Gasteiger partial charge is 0.331 e. The van der Waals surface area contributed by atoms with Crippen LogP contribution >= 0.6 is 0 Å². The number of aryl methyl sites for hydroxylation is 1. The highest BCUT2D eigenvalue weighted by Gasteiger charge is 2.32. The number of aromatic nitrogens is 4. The van der Waals surface area contributed by atoms with Gasteiger partial charge in [0.25, 0.3) is 5.91 Å². The molecule has 3 rings (SSSR count). The average molecular weight is 301 g/mol. The van der Waals surface area contributed by atoms with Crippen LogP contribution in [0.25, 0.3) is 0 Å². The second kappa shape index (κ2) is 5.26. The van der Waals surface area contributed by atoms with Crippen LogP contribution in [0.5, 0.6) is 0 Å². The second-order valence-electron chi connectivity index (χ2n) is 6.95. The van der Waals surface area contributed by atoms with Gasteiger partial charge in [-0.05, 0) is 33.6 Å². The van der Waals surface area contributed by atoms with E-state index in [0.29, 0.717) is 5.56 Å². The van der Waals surface area contributed by atoms with Gasteiger partial charge in [-0.2, -0.15) is 10.2 Å². The highest BCUT2D eigenvalue weighted by molar-refractivity contribution is 5.94. The summed E-state index contributed by atoms with van der Waals surface area (Å²) in [7, 11) is 1.90. The summed E-state index contributed by atoms with van der Waals surface area (Å²) in [6, 6.07) is 0.124. The predicted molar refractivity (Wildman–Crippen MR) is 83.4 cm³/mol. The molecular formula is C16H23N5O. The van der Waals surface area contributed by atoms with Crippen molar-refractivity contribution < 1.29 is 4.79 Å². The van der Waals surface area contributed by atoms with Crippen molar-refractivity contribution in [3.8, 4) is 0 Å². The zero-order valence-electron chi connectivity index (χ0n) is 13.7. The van der Waals surface area contributed by atoms with Crippen LogP contribution in [0, 0.1) is 0 Å². The third kappa shape index (κ3) is 2.65. The normalized spacial score (nSPS) is 18.9. The molecule has 0 spiro atoms. The molecule has 1 fully saturated rings. The summed E-state index contributed by atoms with van der Waals surface area (Å²) in [6.07, 6.45) is 9.39. The van der Waals surface area contributed by atoms with E-state index in [1.807, 2.05) is 35.2 Å². The van der Waals surface area contributed by atoms with Gasteiger partial charge in [0.1, 0.15) is 0 Å². The first kappa shape index (κ1) is 14.8. The van der Waals surface area contributed by atoms with E-state index in [1.165, 1.54) is 0 Å². The minimum absolute atomic E-state index is 0.0573. The number of rotatable bonds is 2. The van der Waals surface area contributed by atoms with Crippen LogP contribution in [0.1, 0.15) is 55.6 Å². The zero-order chi connectivity index (χ0) is 15.9. The molecule has 1 atom stereocenters. The monoisotopic (exact) mass is 301 g/mol. The van der Waals surface area contributed by atoms with Gasteiger partial charge in [-0.25, -0.2) is 0 Å². The molecule has 0 radical (unpaired) electrons. The smallest absolute Gasteiger partial charge is 0.257 e. The van der Waals surface area contributed by atoms with Gasteiger partial charge in [0.15, 0.2) is 0 Å². The van der Waals surface area contributed by atoms with Crippen molar-refractivity contribution >= 4 is 5.91 Å². The third-order valence-electron chi connectivity index (χ3n) is 4.14. The van der Waals surface area contributed by atoms with E-state index in [-0.39, 0.29) is 17.5 Å². The molecule has 1 aliphatic heterocycles. The molecule has 118 valence electrons. The molecule has 0 N–H and O–H groups in total. The number of hydrogen-bond acceptors (Lipinski definition) is 3. The molecule has 2 aromatic heterocycles. The van der Waals surface area contributed by atoms with E-state index >= 15 is 0 Å². The Morgan fingerprint density at radius 3 is 2.59 bits per heavy atom. The first-order valence-corrected chi connectivity index (χ1v) is 7.71. The summed E-state index contributed by atoms with van der Waals surface area (Å²) in [4.78, 5) is 14.8. The third-order valence-corrected chi connectivity index (χ3v) is 4.14. The van der Waals surface area contributed by atoms with E-state index in [0.717, 1.165) is 24.9 Å². The lowest BCUT2D eigenvalue weighted by atomic mass is 10.1. The second-order valence-corrected chi connectivity index (χ2v) is 6.95. The lowest BCUT2D eigenvalue weighted by Gasteiger charge is -2.23. The number of nitrogens with zero attached hydrogens (tertiary/aromatic N) is 5. The van der Waals surface area contributed by atoms with Crippen LogP contribution in [-0.2, 0) is 12.6 Å². The highest BCUT2D eigenvalue weighted by Crippen LogP contribution is 2.32. The molecule has 1 amide bonds. The summed E-state index contributed by atoms with van der Waals surface area (Å²) in [6.45, 7) is 7.01. The Hall–Kier alpha value is -2.11. The SMILES string of the molecule is Cn1cc(C2CCCN2C(=O)c2cnn(C(C)(C)C)c2)cn1. The van der Waals surface area contributed by atoms with Crippen LogP contribution in [-0.4, -0.2) is 36.9 Å². The summed E-state index contributed by atoms with van der Waals surface area (Å²) in [5, 5.41) is 8.56. The summed E-state index contributed by atoms with van der Waals surface area (Å²) >= 11 is 0. The molecule has 0 aromatic carbocycles. The van der Waals surface area contributed by atoms with Crippen LogP contribution in [0.2, 0.25) is 0 Å². The molecule has 22 heavy (non-hydrogen) atoms. The standard InChI is InChI=1S/C16H23N5O/c1-16(2,3)21-11-13(9-18-21)15(22)20-7-5-6-14(20)12-8-17-19(4)10-12/h8-11,14H,5-7H2,1-4H3. The Labute approximate surface area is 130 Å². The summed E-state index contributed by atoms with van der Waals surface area (Å²) in [5.74, 6) is 0.0573. The number of hydrogen-bond donors (Lipinski definition) is 0. The van der Waals surface area contributed by atoms with Gasteiger partial charge in [-0.3, -0.25) is 14.2 Å².